The lowest BCUT2D eigenvalue weighted by Crippen LogP contribution is -2.26. The predicted octanol–water partition coefficient (Wildman–Crippen LogP) is 5.53. The van der Waals surface area contributed by atoms with Crippen LogP contribution in [0.15, 0.2) is 17.0 Å². The summed E-state index contributed by atoms with van der Waals surface area (Å²) in [4.78, 5) is 24.7. The summed E-state index contributed by atoms with van der Waals surface area (Å²) in [7, 11) is 0. The maximum Gasteiger partial charge on any atom is 0.319 e. The van der Waals surface area contributed by atoms with Crippen molar-refractivity contribution < 1.29 is 18.7 Å². The van der Waals surface area contributed by atoms with E-state index in [4.69, 9.17) is 16.3 Å². The Kier molecular flexibility index (Phi) is 9.44. The molecule has 1 rings (SSSR count). The molecule has 1 unspecified atom stereocenters. The highest BCUT2D eigenvalue weighted by atomic mass is 35.5. The molecule has 0 heterocycles. The van der Waals surface area contributed by atoms with Gasteiger partial charge in [-0.15, -0.1) is 11.8 Å². The predicted molar refractivity (Wildman–Crippen MR) is 105 cm³/mol. The highest BCUT2D eigenvalue weighted by molar-refractivity contribution is 8.00. The number of benzene rings is 1. The largest absolute Gasteiger partial charge is 0.465 e. The van der Waals surface area contributed by atoms with E-state index in [1.54, 1.807) is 0 Å². The molecular weight excluding hydrogens is 377 g/mol. The molecule has 1 N–H and O–H groups in total. The van der Waals surface area contributed by atoms with Crippen LogP contribution in [0.4, 0.5) is 10.1 Å². The van der Waals surface area contributed by atoms with Crippen LogP contribution in [0.25, 0.3) is 0 Å². The van der Waals surface area contributed by atoms with Crippen LogP contribution >= 0.6 is 23.4 Å². The summed E-state index contributed by atoms with van der Waals surface area (Å²) in [6.07, 6.45) is 0.973. The highest BCUT2D eigenvalue weighted by Gasteiger charge is 2.27. The molecule has 1 aromatic carbocycles. The summed E-state index contributed by atoms with van der Waals surface area (Å²) in [6.45, 7) is 9.97. The molecule has 0 aliphatic heterocycles. The fourth-order valence-corrected chi connectivity index (χ4v) is 3.43. The Morgan fingerprint density at radius 1 is 1.27 bits per heavy atom. The van der Waals surface area contributed by atoms with E-state index in [1.165, 1.54) is 17.8 Å². The summed E-state index contributed by atoms with van der Waals surface area (Å²) in [5.41, 5.74) is 0.0633. The van der Waals surface area contributed by atoms with Crippen molar-refractivity contribution in [3.8, 4) is 0 Å². The first kappa shape index (κ1) is 22.8. The number of amides is 1. The van der Waals surface area contributed by atoms with Crippen molar-refractivity contribution >= 4 is 40.9 Å². The lowest BCUT2D eigenvalue weighted by Gasteiger charge is -2.21. The van der Waals surface area contributed by atoms with Gasteiger partial charge in [0.2, 0.25) is 5.91 Å². The van der Waals surface area contributed by atoms with Crippen molar-refractivity contribution in [3.63, 3.8) is 0 Å². The molecule has 0 spiro atoms. The van der Waals surface area contributed by atoms with Crippen LogP contribution in [-0.2, 0) is 14.3 Å². The average molecular weight is 404 g/mol. The van der Waals surface area contributed by atoms with Gasteiger partial charge in [-0.25, -0.2) is 4.39 Å². The monoisotopic (exact) mass is 403 g/mol. The van der Waals surface area contributed by atoms with Gasteiger partial charge >= 0.3 is 5.97 Å². The van der Waals surface area contributed by atoms with Crippen molar-refractivity contribution in [1.29, 1.82) is 0 Å². The van der Waals surface area contributed by atoms with Gasteiger partial charge in [0.15, 0.2) is 0 Å². The first-order valence-corrected chi connectivity index (χ1v) is 10.0. The Bertz CT molecular complexity index is 637. The lowest BCUT2D eigenvalue weighted by molar-refractivity contribution is -0.144. The molecule has 26 heavy (non-hydrogen) atoms. The third kappa shape index (κ3) is 7.16. The number of rotatable bonds is 9. The van der Waals surface area contributed by atoms with Crippen LogP contribution in [0.1, 0.15) is 47.5 Å². The van der Waals surface area contributed by atoms with Crippen LogP contribution in [0, 0.1) is 17.7 Å². The third-order valence-corrected chi connectivity index (χ3v) is 5.43. The number of anilines is 1. The number of carbonyl (C=O) groups is 2. The highest BCUT2D eigenvalue weighted by Crippen LogP contribution is 2.37. The van der Waals surface area contributed by atoms with Gasteiger partial charge in [-0.2, -0.15) is 0 Å². The van der Waals surface area contributed by atoms with Gasteiger partial charge in [0.1, 0.15) is 11.1 Å². The summed E-state index contributed by atoms with van der Waals surface area (Å²) < 4.78 is 19.4. The zero-order valence-corrected chi connectivity index (χ0v) is 17.5. The molecule has 1 amide bonds. The molecule has 0 saturated heterocycles. The molecule has 7 heteroatoms. The number of ether oxygens (including phenoxy) is 1. The zero-order valence-electron chi connectivity index (χ0n) is 15.9. The SMILES string of the molecule is CCCC(=O)Nc1cc(SC(C(=O)OCC(C)C)C(C)C)c(Cl)cc1F. The van der Waals surface area contributed by atoms with E-state index in [2.05, 4.69) is 5.32 Å². The molecule has 0 bridgehead atoms. The van der Waals surface area contributed by atoms with E-state index >= 15 is 0 Å². The summed E-state index contributed by atoms with van der Waals surface area (Å²) in [5, 5.41) is 2.27. The fourth-order valence-electron chi connectivity index (χ4n) is 2.08. The van der Waals surface area contributed by atoms with E-state index in [-0.39, 0.29) is 34.4 Å². The van der Waals surface area contributed by atoms with E-state index in [0.717, 1.165) is 6.07 Å². The van der Waals surface area contributed by atoms with Crippen molar-refractivity contribution in [3.05, 3.63) is 23.0 Å². The molecule has 0 aromatic heterocycles. The van der Waals surface area contributed by atoms with Gasteiger partial charge in [-0.3, -0.25) is 9.59 Å². The van der Waals surface area contributed by atoms with Crippen LogP contribution in [0.5, 0.6) is 0 Å². The Morgan fingerprint density at radius 3 is 2.46 bits per heavy atom. The molecule has 0 aliphatic carbocycles. The maximum atomic E-state index is 14.1. The molecular formula is C19H27ClFNO3S. The van der Waals surface area contributed by atoms with Gasteiger partial charge in [-0.1, -0.05) is 46.2 Å². The number of nitrogens with one attached hydrogen (secondary N) is 1. The van der Waals surface area contributed by atoms with Crippen LogP contribution in [0.3, 0.4) is 0 Å². The van der Waals surface area contributed by atoms with Crippen LogP contribution in [0.2, 0.25) is 5.02 Å². The normalized spacial score (nSPS) is 12.3. The molecule has 4 nitrogen and oxygen atoms in total. The number of hydrogen-bond acceptors (Lipinski definition) is 4. The number of thioether (sulfide) groups is 1. The molecule has 0 fully saturated rings. The average Bonchev–Trinajstić information content (AvgIpc) is 2.53. The quantitative estimate of drug-likeness (QED) is 0.434. The van der Waals surface area contributed by atoms with E-state index in [0.29, 0.717) is 24.3 Å². The Labute approximate surface area is 164 Å². The standard InChI is InChI=1S/C19H27ClFNO3S/c1-6-7-17(23)22-15-9-16(13(20)8-14(15)21)26-18(12(4)5)19(24)25-10-11(2)3/h8-9,11-12,18H,6-7,10H2,1-5H3,(H,22,23). The second-order valence-electron chi connectivity index (χ2n) is 6.87. The third-order valence-electron chi connectivity index (χ3n) is 3.42. The van der Waals surface area contributed by atoms with E-state index < -0.39 is 11.1 Å². The van der Waals surface area contributed by atoms with Gasteiger partial charge in [0.25, 0.3) is 0 Å². The van der Waals surface area contributed by atoms with Gasteiger partial charge < -0.3 is 10.1 Å². The van der Waals surface area contributed by atoms with Crippen molar-refractivity contribution in [2.24, 2.45) is 11.8 Å². The second-order valence-corrected chi connectivity index (χ2v) is 8.46. The van der Waals surface area contributed by atoms with Crippen LogP contribution < -0.4 is 5.32 Å². The van der Waals surface area contributed by atoms with Crippen LogP contribution in [-0.4, -0.2) is 23.7 Å². The number of hydrogen-bond donors (Lipinski definition) is 1. The summed E-state index contributed by atoms with van der Waals surface area (Å²) >= 11 is 7.38. The molecule has 146 valence electrons. The molecule has 0 radical (unpaired) electrons. The van der Waals surface area contributed by atoms with E-state index in [9.17, 15) is 14.0 Å². The topological polar surface area (TPSA) is 55.4 Å². The smallest absolute Gasteiger partial charge is 0.319 e. The van der Waals surface area contributed by atoms with Gasteiger partial charge in [0, 0.05) is 11.3 Å². The lowest BCUT2D eigenvalue weighted by atomic mass is 10.1. The molecule has 0 aliphatic rings. The fraction of sp³-hybridized carbons (Fsp3) is 0.579. The molecule has 1 atom stereocenters. The number of carbonyl (C=O) groups excluding carboxylic acids is 2. The Morgan fingerprint density at radius 2 is 1.92 bits per heavy atom. The first-order valence-electron chi connectivity index (χ1n) is 8.77. The first-order chi connectivity index (χ1) is 12.1. The zero-order chi connectivity index (χ0) is 19.9. The van der Waals surface area contributed by atoms with E-state index in [1.807, 2.05) is 34.6 Å². The summed E-state index contributed by atoms with van der Waals surface area (Å²) in [6, 6.07) is 2.63. The van der Waals surface area contributed by atoms with Gasteiger partial charge in [-0.05, 0) is 30.4 Å². The Hall–Kier alpha value is -1.27. The minimum atomic E-state index is -0.604. The van der Waals surface area contributed by atoms with Crippen molar-refractivity contribution in [2.75, 3.05) is 11.9 Å². The minimum Gasteiger partial charge on any atom is -0.465 e. The maximum absolute atomic E-state index is 14.1. The summed E-state index contributed by atoms with van der Waals surface area (Å²) in [5.74, 6) is -0.949. The number of halogens is 2. The minimum absolute atomic E-state index is 0.00101. The van der Waals surface area contributed by atoms with Gasteiger partial charge in [0.05, 0.1) is 17.3 Å². The molecule has 0 saturated carbocycles. The molecule has 1 aromatic rings. The van der Waals surface area contributed by atoms with Crippen molar-refractivity contribution in [2.45, 2.75) is 57.6 Å². The number of esters is 1. The van der Waals surface area contributed by atoms with Crippen molar-refractivity contribution in [1.82, 2.24) is 0 Å². The second kappa shape index (κ2) is 10.8. The Balaban J connectivity index is 3.00.